The normalized spacial score (nSPS) is 33.1. The molecule has 2 unspecified atom stereocenters. The first-order chi connectivity index (χ1) is 17.9. The molecule has 11 nitrogen and oxygen atoms in total. The Kier molecular flexibility index (Phi) is 6.26. The zero-order chi connectivity index (χ0) is 27.7. The average molecular weight is 526 g/mol. The highest BCUT2D eigenvalue weighted by Crippen LogP contribution is 2.51. The minimum Gasteiger partial charge on any atom is -0.507 e. The maximum atomic E-state index is 13.8. The zero-order valence-corrected chi connectivity index (χ0v) is 21.2. The highest BCUT2D eigenvalue weighted by molar-refractivity contribution is 6.32. The number of hydrogen-bond donors (Lipinski definition) is 4. The topological polar surface area (TPSA) is 184 Å². The van der Waals surface area contributed by atoms with E-state index in [4.69, 9.17) is 5.73 Å². The van der Waals surface area contributed by atoms with Crippen molar-refractivity contribution >= 4 is 40.6 Å². The summed E-state index contributed by atoms with van der Waals surface area (Å²) in [5, 5.41) is 25.1. The van der Waals surface area contributed by atoms with E-state index in [2.05, 4.69) is 5.32 Å². The number of phenolic OH excluding ortho intramolecular Hbond substituents is 1. The molecule has 1 aromatic rings. The number of fused-ring (bicyclic) bond motifs is 3. The molecule has 0 bridgehead atoms. The van der Waals surface area contributed by atoms with Gasteiger partial charge in [0.1, 0.15) is 5.75 Å². The summed E-state index contributed by atoms with van der Waals surface area (Å²) in [4.78, 5) is 80.3. The number of primary amides is 1. The van der Waals surface area contributed by atoms with Crippen LogP contribution in [0.2, 0.25) is 0 Å². The molecule has 0 spiro atoms. The summed E-state index contributed by atoms with van der Waals surface area (Å²) in [6, 6.07) is 1.62. The number of likely N-dealkylation sites (N-methyl/N-ethyl adjacent to an activating group) is 1. The van der Waals surface area contributed by atoms with Crippen molar-refractivity contribution in [1.29, 1.82) is 0 Å². The average Bonchev–Trinajstić information content (AvgIpc) is 3.38. The van der Waals surface area contributed by atoms with Gasteiger partial charge >= 0.3 is 0 Å². The zero-order valence-electron chi connectivity index (χ0n) is 21.2. The second kappa shape index (κ2) is 9.09. The number of ketones is 4. The fourth-order valence-corrected chi connectivity index (χ4v) is 7.14. The molecular weight excluding hydrogens is 494 g/mol. The molecular formula is C27H31N3O8. The number of nitrogens with one attached hydrogen (secondary N) is 1. The molecule has 1 aromatic carbocycles. The maximum absolute atomic E-state index is 13.8. The Morgan fingerprint density at radius 3 is 2.34 bits per heavy atom. The van der Waals surface area contributed by atoms with Crippen LogP contribution in [0.15, 0.2) is 12.1 Å². The fourth-order valence-electron chi connectivity index (χ4n) is 7.14. The molecule has 0 saturated heterocycles. The van der Waals surface area contributed by atoms with Gasteiger partial charge in [0, 0.05) is 17.5 Å². The fraction of sp³-hybridized carbons (Fsp3) is 0.556. The predicted octanol–water partition coefficient (Wildman–Crippen LogP) is -0.00430. The molecule has 5 rings (SSSR count). The summed E-state index contributed by atoms with van der Waals surface area (Å²) in [7, 11) is 3.06. The van der Waals surface area contributed by atoms with Gasteiger partial charge in [0.15, 0.2) is 34.7 Å². The first-order valence-corrected chi connectivity index (χ1v) is 12.9. The first kappa shape index (κ1) is 26.2. The van der Waals surface area contributed by atoms with E-state index in [0.29, 0.717) is 11.3 Å². The molecule has 0 radical (unpaired) electrons. The smallest absolute Gasteiger partial charge is 0.235 e. The Labute approximate surface area is 218 Å². The van der Waals surface area contributed by atoms with Crippen LogP contribution in [0, 0.1) is 29.6 Å². The van der Waals surface area contributed by atoms with Crippen molar-refractivity contribution < 1.29 is 39.0 Å². The lowest BCUT2D eigenvalue weighted by Crippen LogP contribution is -2.74. The van der Waals surface area contributed by atoms with Crippen LogP contribution >= 0.6 is 0 Å². The lowest BCUT2D eigenvalue weighted by molar-refractivity contribution is -0.181. The van der Waals surface area contributed by atoms with E-state index < -0.39 is 64.4 Å². The van der Waals surface area contributed by atoms with Crippen LogP contribution < -0.4 is 11.1 Å². The summed E-state index contributed by atoms with van der Waals surface area (Å²) in [5.74, 6) is -11.3. The van der Waals surface area contributed by atoms with E-state index in [0.717, 1.165) is 25.7 Å². The third kappa shape index (κ3) is 3.63. The van der Waals surface area contributed by atoms with E-state index in [1.165, 1.54) is 31.1 Å². The summed E-state index contributed by atoms with van der Waals surface area (Å²) >= 11 is 0. The summed E-state index contributed by atoms with van der Waals surface area (Å²) in [6.45, 7) is 0. The van der Waals surface area contributed by atoms with E-state index >= 15 is 0 Å². The number of amides is 2. The van der Waals surface area contributed by atoms with Gasteiger partial charge in [-0.1, -0.05) is 12.8 Å². The van der Waals surface area contributed by atoms with E-state index in [-0.39, 0.29) is 36.0 Å². The molecule has 4 aliphatic rings. The number of nitrogens with zero attached hydrogens (tertiary/aromatic N) is 1. The molecule has 2 amide bonds. The van der Waals surface area contributed by atoms with Gasteiger partial charge in [0.2, 0.25) is 11.8 Å². The predicted molar refractivity (Wildman–Crippen MR) is 132 cm³/mol. The van der Waals surface area contributed by atoms with E-state index in [9.17, 15) is 39.0 Å². The van der Waals surface area contributed by atoms with Crippen LogP contribution in [0.25, 0.3) is 0 Å². The van der Waals surface area contributed by atoms with Crippen LogP contribution in [0.4, 0.5) is 5.69 Å². The van der Waals surface area contributed by atoms with Crippen molar-refractivity contribution in [3.8, 4) is 5.75 Å². The molecule has 0 aromatic heterocycles. The van der Waals surface area contributed by atoms with Gasteiger partial charge in [-0.3, -0.25) is 33.7 Å². The quantitative estimate of drug-likeness (QED) is 0.310. The SMILES string of the molecule is CN(C)[C@@H]1C(=O)C(C(N)=O)C(=O)[C@@]2(O)C(=O)C3C(=O)c4c(O)ccc(NC(=O)C5CCCC5)c4C[C@H]3C[C@@H]12. The van der Waals surface area contributed by atoms with Crippen LogP contribution in [0.1, 0.15) is 48.0 Å². The standard InChI is InChI=1S/C27H31N3O8/c1-30(2)20-14-10-12-9-13-15(29-26(37)11-5-3-4-6-11)7-8-16(31)18(13)21(32)17(12)23(34)27(14,38)24(35)19(22(20)33)25(28)36/h7-8,11-12,14,17,19-20,31,38H,3-6,9-10H2,1-2H3,(H2,28,36)(H,29,37)/t12-,14-,17?,19?,20-,27-/m0/s1. The summed E-state index contributed by atoms with van der Waals surface area (Å²) < 4.78 is 0. The van der Waals surface area contributed by atoms with Gasteiger partial charge in [-0.2, -0.15) is 0 Å². The number of anilines is 1. The number of aliphatic hydroxyl groups is 1. The first-order valence-electron chi connectivity index (χ1n) is 12.9. The van der Waals surface area contributed by atoms with E-state index in [1.807, 2.05) is 0 Å². The highest BCUT2D eigenvalue weighted by atomic mass is 16.3. The third-order valence-corrected chi connectivity index (χ3v) is 8.93. The van der Waals surface area contributed by atoms with Gasteiger partial charge < -0.3 is 21.3 Å². The lowest BCUT2D eigenvalue weighted by Gasteiger charge is -2.52. The van der Waals surface area contributed by atoms with Crippen LogP contribution in [0.3, 0.4) is 0 Å². The van der Waals surface area contributed by atoms with Crippen molar-refractivity contribution in [2.24, 2.45) is 35.3 Å². The van der Waals surface area contributed by atoms with Crippen molar-refractivity contribution in [1.82, 2.24) is 4.90 Å². The Morgan fingerprint density at radius 2 is 1.74 bits per heavy atom. The number of nitrogens with two attached hydrogens (primary N) is 1. The molecule has 3 saturated carbocycles. The molecule has 202 valence electrons. The number of aromatic hydroxyl groups is 1. The Balaban J connectivity index is 1.57. The molecule has 3 fully saturated rings. The number of carbonyl (C=O) groups is 6. The monoisotopic (exact) mass is 525 g/mol. The van der Waals surface area contributed by atoms with Crippen LogP contribution in [0.5, 0.6) is 5.75 Å². The Morgan fingerprint density at radius 1 is 1.08 bits per heavy atom. The number of Topliss-reactive ketones (excluding diaryl/α,β-unsaturated/α-hetero) is 4. The largest absolute Gasteiger partial charge is 0.507 e. The lowest BCUT2D eigenvalue weighted by atomic mass is 9.52. The molecule has 4 aliphatic carbocycles. The minimum atomic E-state index is -2.76. The third-order valence-electron chi connectivity index (χ3n) is 8.93. The molecule has 11 heteroatoms. The van der Waals surface area contributed by atoms with Crippen molar-refractivity contribution in [3.05, 3.63) is 23.3 Å². The second-order valence-corrected chi connectivity index (χ2v) is 11.2. The Hall–Kier alpha value is -3.44. The Bertz CT molecular complexity index is 1280. The van der Waals surface area contributed by atoms with E-state index in [1.54, 1.807) is 0 Å². The molecule has 0 aliphatic heterocycles. The summed E-state index contributed by atoms with van der Waals surface area (Å²) in [5.41, 5.74) is 3.17. The van der Waals surface area contributed by atoms with Gasteiger partial charge in [-0.15, -0.1) is 0 Å². The highest BCUT2D eigenvalue weighted by Gasteiger charge is 2.69. The van der Waals surface area contributed by atoms with Crippen molar-refractivity contribution in [3.63, 3.8) is 0 Å². The molecule has 38 heavy (non-hydrogen) atoms. The molecule has 0 heterocycles. The molecule has 5 N–H and O–H groups in total. The summed E-state index contributed by atoms with van der Waals surface area (Å²) in [6.07, 6.45) is 3.51. The molecule has 6 atom stereocenters. The number of hydrogen-bond acceptors (Lipinski definition) is 9. The number of rotatable bonds is 4. The van der Waals surface area contributed by atoms with Gasteiger partial charge in [-0.05, 0) is 63.4 Å². The van der Waals surface area contributed by atoms with Gasteiger partial charge in [0.05, 0.1) is 17.5 Å². The minimum absolute atomic E-state index is 0.0461. The van der Waals surface area contributed by atoms with Crippen LogP contribution in [-0.2, 0) is 30.4 Å². The number of carbonyl (C=O) groups excluding carboxylic acids is 6. The van der Waals surface area contributed by atoms with Gasteiger partial charge in [-0.25, -0.2) is 0 Å². The number of phenols is 1. The van der Waals surface area contributed by atoms with Gasteiger partial charge in [0.25, 0.3) is 0 Å². The van der Waals surface area contributed by atoms with Crippen LogP contribution in [-0.4, -0.2) is 75.8 Å². The maximum Gasteiger partial charge on any atom is 0.235 e. The van der Waals surface area contributed by atoms with Crippen molar-refractivity contribution in [2.75, 3.05) is 19.4 Å². The van der Waals surface area contributed by atoms with Crippen molar-refractivity contribution in [2.45, 2.75) is 50.2 Å². The number of benzene rings is 1. The second-order valence-electron chi connectivity index (χ2n) is 11.2.